The minimum atomic E-state index is 0.0984. The molecule has 2 heterocycles. The Morgan fingerprint density at radius 3 is 2.94 bits per heavy atom. The second-order valence-electron chi connectivity index (χ2n) is 2.83. The lowest BCUT2D eigenvalue weighted by Crippen LogP contribution is -1.88. The van der Waals surface area contributed by atoms with Gasteiger partial charge in [0.25, 0.3) is 0 Å². The first-order valence-corrected chi connectivity index (χ1v) is 5.80. The molecule has 2 rings (SSSR count). The van der Waals surface area contributed by atoms with Crippen molar-refractivity contribution < 1.29 is 4.52 Å². The number of halogens is 2. The molecule has 0 atom stereocenters. The Morgan fingerprint density at radius 1 is 1.44 bits per heavy atom. The summed E-state index contributed by atoms with van der Waals surface area (Å²) in [6.07, 6.45) is 1.74. The van der Waals surface area contributed by atoms with Gasteiger partial charge in [-0.15, -0.1) is 0 Å². The summed E-state index contributed by atoms with van der Waals surface area (Å²) in [5.41, 5.74) is 0.580. The third kappa shape index (κ3) is 2.28. The van der Waals surface area contributed by atoms with Crippen molar-refractivity contribution in [3.8, 4) is 17.6 Å². The summed E-state index contributed by atoms with van der Waals surface area (Å²) in [7, 11) is 0. The van der Waals surface area contributed by atoms with Crippen LogP contribution in [0.1, 0.15) is 5.89 Å². The Kier molecular flexibility index (Phi) is 3.31. The monoisotopic (exact) mass is 342 g/mol. The highest BCUT2D eigenvalue weighted by Gasteiger charge is 2.12. The lowest BCUT2D eigenvalue weighted by Gasteiger charge is -1.97. The van der Waals surface area contributed by atoms with Crippen molar-refractivity contribution in [1.82, 2.24) is 15.1 Å². The molecular formula is C9H4Br2N4O. The van der Waals surface area contributed by atoms with Crippen LogP contribution in [0.4, 0.5) is 0 Å². The summed E-state index contributed by atoms with van der Waals surface area (Å²) in [5.74, 6) is 0.652. The van der Waals surface area contributed by atoms with Crippen molar-refractivity contribution in [1.29, 1.82) is 5.26 Å². The lowest BCUT2D eigenvalue weighted by molar-refractivity contribution is 0.387. The second-order valence-corrected chi connectivity index (χ2v) is 4.60. The van der Waals surface area contributed by atoms with Crippen LogP contribution in [0.5, 0.6) is 0 Å². The van der Waals surface area contributed by atoms with E-state index >= 15 is 0 Å². The number of pyridine rings is 1. The quantitative estimate of drug-likeness (QED) is 0.837. The average Bonchev–Trinajstić information content (AvgIpc) is 2.67. The van der Waals surface area contributed by atoms with E-state index in [1.165, 1.54) is 0 Å². The molecule has 0 unspecified atom stereocenters. The third-order valence-corrected chi connectivity index (χ3v) is 2.76. The Morgan fingerprint density at radius 2 is 2.25 bits per heavy atom. The number of nitriles is 1. The zero-order chi connectivity index (χ0) is 11.5. The molecule has 2 aromatic rings. The van der Waals surface area contributed by atoms with Gasteiger partial charge < -0.3 is 4.52 Å². The predicted octanol–water partition coefficient (Wildman–Crippen LogP) is 2.72. The Balaban J connectivity index is 2.39. The highest BCUT2D eigenvalue weighted by atomic mass is 79.9. The van der Waals surface area contributed by atoms with Gasteiger partial charge in [0.15, 0.2) is 0 Å². The molecule has 0 aliphatic carbocycles. The molecule has 0 aromatic carbocycles. The van der Waals surface area contributed by atoms with Crippen molar-refractivity contribution in [3.63, 3.8) is 0 Å². The summed E-state index contributed by atoms with van der Waals surface area (Å²) in [4.78, 5) is 8.21. The topological polar surface area (TPSA) is 75.6 Å². The minimum Gasteiger partial charge on any atom is -0.338 e. The van der Waals surface area contributed by atoms with Crippen LogP contribution in [0.3, 0.4) is 0 Å². The summed E-state index contributed by atoms with van der Waals surface area (Å²) in [5, 5.41) is 12.2. The van der Waals surface area contributed by atoms with Crippen LogP contribution in [0, 0.1) is 11.3 Å². The van der Waals surface area contributed by atoms with Crippen molar-refractivity contribution in [3.05, 3.63) is 27.1 Å². The first-order valence-electron chi connectivity index (χ1n) is 4.21. The maximum absolute atomic E-state index is 8.48. The van der Waals surface area contributed by atoms with E-state index in [4.69, 9.17) is 9.78 Å². The SMILES string of the molecule is N#CCc1nc(-c2ncc(Br)cc2Br)no1. The molecule has 2 aromatic heterocycles. The molecule has 0 bridgehead atoms. The standard InChI is InChI=1S/C9H4Br2N4O/c10-5-3-6(11)8(13-4-5)9-14-7(1-2-12)16-15-9/h3-4H,1H2. The van der Waals surface area contributed by atoms with Crippen molar-refractivity contribution in [2.45, 2.75) is 6.42 Å². The maximum Gasteiger partial charge on any atom is 0.241 e. The van der Waals surface area contributed by atoms with Crippen LogP contribution in [-0.2, 0) is 6.42 Å². The van der Waals surface area contributed by atoms with Crippen LogP contribution < -0.4 is 0 Å². The Bertz CT molecular complexity index is 561. The van der Waals surface area contributed by atoms with Gasteiger partial charge in [0.1, 0.15) is 12.1 Å². The van der Waals surface area contributed by atoms with Crippen LogP contribution in [-0.4, -0.2) is 15.1 Å². The molecule has 0 aliphatic rings. The third-order valence-electron chi connectivity index (χ3n) is 1.72. The van der Waals surface area contributed by atoms with Crippen molar-refractivity contribution in [2.24, 2.45) is 0 Å². The van der Waals surface area contributed by atoms with E-state index in [9.17, 15) is 0 Å². The van der Waals surface area contributed by atoms with E-state index in [0.717, 1.165) is 8.95 Å². The largest absolute Gasteiger partial charge is 0.338 e. The van der Waals surface area contributed by atoms with Gasteiger partial charge in [-0.3, -0.25) is 4.98 Å². The maximum atomic E-state index is 8.48. The summed E-state index contributed by atoms with van der Waals surface area (Å²) >= 11 is 6.65. The number of rotatable bonds is 2. The fourth-order valence-electron chi connectivity index (χ4n) is 1.07. The number of aromatic nitrogens is 3. The van der Waals surface area contributed by atoms with Gasteiger partial charge in [0, 0.05) is 15.1 Å². The highest BCUT2D eigenvalue weighted by molar-refractivity contribution is 9.11. The Hall–Kier alpha value is -1.26. The zero-order valence-electron chi connectivity index (χ0n) is 7.81. The molecule has 0 spiro atoms. The Labute approximate surface area is 108 Å². The van der Waals surface area contributed by atoms with Gasteiger partial charge in [0.2, 0.25) is 11.7 Å². The molecule has 5 nitrogen and oxygen atoms in total. The van der Waals surface area contributed by atoms with E-state index in [1.807, 2.05) is 12.1 Å². The van der Waals surface area contributed by atoms with E-state index in [0.29, 0.717) is 11.5 Å². The summed E-state index contributed by atoms with van der Waals surface area (Å²) < 4.78 is 6.50. The van der Waals surface area contributed by atoms with E-state index in [-0.39, 0.29) is 12.3 Å². The molecule has 0 saturated heterocycles. The van der Waals surface area contributed by atoms with E-state index in [2.05, 4.69) is 47.0 Å². The molecule has 80 valence electrons. The number of hydrogen-bond donors (Lipinski definition) is 0. The molecule has 0 amide bonds. The van der Waals surface area contributed by atoms with E-state index in [1.54, 1.807) is 6.20 Å². The summed E-state index contributed by atoms with van der Waals surface area (Å²) in [6, 6.07) is 3.77. The highest BCUT2D eigenvalue weighted by Crippen LogP contribution is 2.26. The summed E-state index contributed by atoms with van der Waals surface area (Å²) in [6.45, 7) is 0. The molecule has 16 heavy (non-hydrogen) atoms. The second kappa shape index (κ2) is 4.72. The molecule has 0 saturated carbocycles. The average molecular weight is 344 g/mol. The van der Waals surface area contributed by atoms with Gasteiger partial charge in [-0.05, 0) is 37.9 Å². The first-order chi connectivity index (χ1) is 7.70. The molecular weight excluding hydrogens is 340 g/mol. The molecule has 0 aliphatic heterocycles. The van der Waals surface area contributed by atoms with Crippen LogP contribution in [0.15, 0.2) is 25.7 Å². The van der Waals surface area contributed by atoms with Gasteiger partial charge >= 0.3 is 0 Å². The molecule has 7 heteroatoms. The van der Waals surface area contributed by atoms with Crippen LogP contribution >= 0.6 is 31.9 Å². The van der Waals surface area contributed by atoms with Crippen molar-refractivity contribution >= 4 is 31.9 Å². The van der Waals surface area contributed by atoms with Crippen LogP contribution in [0.2, 0.25) is 0 Å². The van der Waals surface area contributed by atoms with Gasteiger partial charge in [-0.25, -0.2) is 0 Å². The molecule has 0 fully saturated rings. The molecule has 0 N–H and O–H groups in total. The fourth-order valence-corrected chi connectivity index (χ4v) is 2.23. The first kappa shape index (κ1) is 11.2. The zero-order valence-corrected chi connectivity index (χ0v) is 11.0. The fraction of sp³-hybridized carbons (Fsp3) is 0.111. The van der Waals surface area contributed by atoms with Gasteiger partial charge in [-0.2, -0.15) is 10.2 Å². The van der Waals surface area contributed by atoms with Crippen molar-refractivity contribution in [2.75, 3.05) is 0 Å². The van der Waals surface area contributed by atoms with E-state index < -0.39 is 0 Å². The normalized spacial score (nSPS) is 10.1. The number of nitrogens with zero attached hydrogens (tertiary/aromatic N) is 4. The lowest BCUT2D eigenvalue weighted by atomic mass is 10.3. The van der Waals surface area contributed by atoms with Gasteiger partial charge in [-0.1, -0.05) is 5.16 Å². The van der Waals surface area contributed by atoms with Gasteiger partial charge in [0.05, 0.1) is 6.07 Å². The smallest absolute Gasteiger partial charge is 0.241 e. The number of hydrogen-bond acceptors (Lipinski definition) is 5. The molecule has 0 radical (unpaired) electrons. The predicted molar refractivity (Wildman–Crippen MR) is 62.2 cm³/mol. The minimum absolute atomic E-state index is 0.0984. The van der Waals surface area contributed by atoms with Crippen LogP contribution in [0.25, 0.3) is 11.5 Å².